The third-order valence-electron chi connectivity index (χ3n) is 6.46. The summed E-state index contributed by atoms with van der Waals surface area (Å²) in [6, 6.07) is 14.1. The van der Waals surface area contributed by atoms with Crippen LogP contribution in [0.4, 0.5) is 17.6 Å². The third-order valence-corrected chi connectivity index (χ3v) is 6.76. The quantitative estimate of drug-likeness (QED) is 0.184. The van der Waals surface area contributed by atoms with Crippen molar-refractivity contribution in [1.29, 1.82) is 0 Å². The van der Waals surface area contributed by atoms with Crippen molar-refractivity contribution in [2.24, 2.45) is 10.5 Å². The normalized spacial score (nSPS) is 17.6. The zero-order chi connectivity index (χ0) is 28.4. The number of nitrogens with zero attached hydrogens (tertiary/aromatic N) is 1. The molecule has 6 nitrogen and oxygen atoms in total. The van der Waals surface area contributed by atoms with Crippen LogP contribution in [-0.4, -0.2) is 35.9 Å². The van der Waals surface area contributed by atoms with Crippen LogP contribution >= 0.6 is 11.6 Å². The number of hydrogen-bond acceptors (Lipinski definition) is 4. The number of benzene rings is 3. The standard InChI is InChI=1S/C28H22ClF4N3O3/c1-27(28(31,32)33)13-16(6-11-24(27)30)14-34-26(39)21-9-7-18(19-4-2-3-5-20(19)21)15-35-36-25(38)17-8-10-23(37)22(29)12-17/h2-12,15,37H,13-14H2,1H3,(H,34,39)(H,36,38)/b35-15+. The minimum Gasteiger partial charge on any atom is -0.506 e. The fourth-order valence-corrected chi connectivity index (χ4v) is 4.31. The first-order valence-corrected chi connectivity index (χ1v) is 12.0. The van der Waals surface area contributed by atoms with Crippen molar-refractivity contribution >= 4 is 40.4 Å². The van der Waals surface area contributed by atoms with Gasteiger partial charge in [0.05, 0.1) is 11.2 Å². The summed E-state index contributed by atoms with van der Waals surface area (Å²) in [5.41, 5.74) is 1.02. The minimum atomic E-state index is -4.78. The molecule has 0 spiro atoms. The molecule has 4 rings (SSSR count). The van der Waals surface area contributed by atoms with Gasteiger partial charge in [-0.25, -0.2) is 9.82 Å². The second kappa shape index (κ2) is 10.9. The van der Waals surface area contributed by atoms with E-state index >= 15 is 0 Å². The monoisotopic (exact) mass is 559 g/mol. The highest BCUT2D eigenvalue weighted by Crippen LogP contribution is 2.50. The fourth-order valence-electron chi connectivity index (χ4n) is 4.12. The first-order valence-electron chi connectivity index (χ1n) is 11.6. The summed E-state index contributed by atoms with van der Waals surface area (Å²) in [4.78, 5) is 25.3. The van der Waals surface area contributed by atoms with Crippen LogP contribution in [0.5, 0.6) is 5.75 Å². The van der Waals surface area contributed by atoms with Crippen LogP contribution in [0.1, 0.15) is 39.6 Å². The summed E-state index contributed by atoms with van der Waals surface area (Å²) in [6.07, 6.45) is -1.94. The van der Waals surface area contributed by atoms with Gasteiger partial charge in [-0.1, -0.05) is 48.0 Å². The number of allylic oxidation sites excluding steroid dienone is 3. The van der Waals surface area contributed by atoms with E-state index in [1.807, 2.05) is 0 Å². The molecule has 0 radical (unpaired) electrons. The summed E-state index contributed by atoms with van der Waals surface area (Å²) in [6.45, 7) is 0.614. The topological polar surface area (TPSA) is 90.8 Å². The molecule has 0 aliphatic heterocycles. The van der Waals surface area contributed by atoms with Crippen LogP contribution in [0.3, 0.4) is 0 Å². The van der Waals surface area contributed by atoms with Gasteiger partial charge in [0.1, 0.15) is 17.0 Å². The largest absolute Gasteiger partial charge is 0.506 e. The Hall–Kier alpha value is -4.18. The summed E-state index contributed by atoms with van der Waals surface area (Å²) >= 11 is 5.83. The van der Waals surface area contributed by atoms with Gasteiger partial charge in [0.15, 0.2) is 0 Å². The van der Waals surface area contributed by atoms with Gasteiger partial charge < -0.3 is 10.4 Å². The smallest absolute Gasteiger partial charge is 0.400 e. The molecule has 3 aromatic carbocycles. The van der Waals surface area contributed by atoms with Gasteiger partial charge in [-0.15, -0.1) is 0 Å². The highest BCUT2D eigenvalue weighted by Gasteiger charge is 2.55. The molecule has 202 valence electrons. The summed E-state index contributed by atoms with van der Waals surface area (Å²) in [5, 5.41) is 17.3. The minimum absolute atomic E-state index is 0.0178. The van der Waals surface area contributed by atoms with E-state index in [-0.39, 0.29) is 34.0 Å². The molecule has 3 N–H and O–H groups in total. The van der Waals surface area contributed by atoms with Gasteiger partial charge in [0, 0.05) is 23.2 Å². The molecule has 0 heterocycles. The van der Waals surface area contributed by atoms with Gasteiger partial charge in [0.25, 0.3) is 11.8 Å². The molecular weight excluding hydrogens is 538 g/mol. The summed E-state index contributed by atoms with van der Waals surface area (Å²) in [5.74, 6) is -2.50. The van der Waals surface area contributed by atoms with E-state index in [0.29, 0.717) is 16.3 Å². The van der Waals surface area contributed by atoms with Crippen LogP contribution in [0, 0.1) is 5.41 Å². The fraction of sp³-hybridized carbons (Fsp3) is 0.179. The Bertz CT molecular complexity index is 1550. The third kappa shape index (κ3) is 5.80. The van der Waals surface area contributed by atoms with E-state index in [4.69, 9.17) is 11.6 Å². The second-order valence-corrected chi connectivity index (χ2v) is 9.55. The Labute approximate surface area is 225 Å². The molecule has 2 amide bonds. The average Bonchev–Trinajstić information content (AvgIpc) is 2.90. The SMILES string of the molecule is CC1(C(F)(F)F)CC(CNC(=O)c2ccc(/C=N/NC(=O)c3ccc(O)c(Cl)c3)c3ccccc23)=CC=C1F. The van der Waals surface area contributed by atoms with E-state index in [0.717, 1.165) is 13.0 Å². The van der Waals surface area contributed by atoms with Crippen LogP contribution in [-0.2, 0) is 0 Å². The molecule has 3 aromatic rings. The number of alkyl halides is 3. The van der Waals surface area contributed by atoms with Crippen molar-refractivity contribution in [3.63, 3.8) is 0 Å². The zero-order valence-corrected chi connectivity index (χ0v) is 21.2. The maximum atomic E-state index is 14.0. The Kier molecular flexibility index (Phi) is 7.78. The van der Waals surface area contributed by atoms with Crippen molar-refractivity contribution in [3.8, 4) is 5.75 Å². The molecule has 0 bridgehead atoms. The van der Waals surface area contributed by atoms with Crippen LogP contribution in [0.2, 0.25) is 5.02 Å². The van der Waals surface area contributed by atoms with Crippen LogP contribution < -0.4 is 10.7 Å². The van der Waals surface area contributed by atoms with Gasteiger partial charge in [-0.2, -0.15) is 18.3 Å². The second-order valence-electron chi connectivity index (χ2n) is 9.14. The van der Waals surface area contributed by atoms with Crippen LogP contribution in [0.25, 0.3) is 10.8 Å². The number of carbonyl (C=O) groups excluding carboxylic acids is 2. The van der Waals surface area contributed by atoms with Crippen molar-refractivity contribution in [3.05, 3.63) is 99.9 Å². The molecule has 1 aliphatic carbocycles. The van der Waals surface area contributed by atoms with Gasteiger partial charge in [-0.05, 0) is 60.0 Å². The van der Waals surface area contributed by atoms with Crippen LogP contribution in [0.15, 0.2) is 83.3 Å². The van der Waals surface area contributed by atoms with Gasteiger partial charge in [0.2, 0.25) is 0 Å². The number of nitrogens with one attached hydrogen (secondary N) is 2. The van der Waals surface area contributed by atoms with Crippen molar-refractivity contribution < 1.29 is 32.3 Å². The Balaban J connectivity index is 1.48. The number of phenols is 1. The number of carbonyl (C=O) groups is 2. The predicted octanol–water partition coefficient (Wildman–Crippen LogP) is 6.44. The molecule has 11 heteroatoms. The Morgan fingerprint density at radius 3 is 2.49 bits per heavy atom. The van der Waals surface area contributed by atoms with E-state index in [9.17, 15) is 32.3 Å². The number of phenolic OH excluding ortho intramolecular Hbond substituents is 1. The van der Waals surface area contributed by atoms with Gasteiger partial charge >= 0.3 is 6.18 Å². The number of amides is 2. The molecular formula is C28H22ClF4N3O3. The highest BCUT2D eigenvalue weighted by atomic mass is 35.5. The summed E-state index contributed by atoms with van der Waals surface area (Å²) in [7, 11) is 0. The maximum absolute atomic E-state index is 14.0. The summed E-state index contributed by atoms with van der Waals surface area (Å²) < 4.78 is 54.3. The molecule has 39 heavy (non-hydrogen) atoms. The molecule has 0 fully saturated rings. The number of halogens is 5. The average molecular weight is 560 g/mol. The lowest BCUT2D eigenvalue weighted by molar-refractivity contribution is -0.209. The lowest BCUT2D eigenvalue weighted by Gasteiger charge is -2.33. The van der Waals surface area contributed by atoms with E-state index in [1.165, 1.54) is 36.6 Å². The number of hydrogen-bond donors (Lipinski definition) is 3. The molecule has 1 unspecified atom stereocenters. The molecule has 1 atom stereocenters. The molecule has 1 aliphatic rings. The molecule has 0 aromatic heterocycles. The highest BCUT2D eigenvalue weighted by molar-refractivity contribution is 6.32. The van der Waals surface area contributed by atoms with Crippen molar-refractivity contribution in [2.75, 3.05) is 6.54 Å². The van der Waals surface area contributed by atoms with E-state index < -0.39 is 35.7 Å². The first kappa shape index (κ1) is 27.8. The number of hydrazone groups is 1. The maximum Gasteiger partial charge on any atom is 0.400 e. The molecule has 0 saturated carbocycles. The zero-order valence-electron chi connectivity index (χ0n) is 20.4. The first-order chi connectivity index (χ1) is 18.4. The predicted molar refractivity (Wildman–Crippen MR) is 141 cm³/mol. The van der Waals surface area contributed by atoms with Crippen molar-refractivity contribution in [2.45, 2.75) is 19.5 Å². The van der Waals surface area contributed by atoms with E-state index in [1.54, 1.807) is 30.3 Å². The van der Waals surface area contributed by atoms with Gasteiger partial charge in [-0.3, -0.25) is 9.59 Å². The lowest BCUT2D eigenvalue weighted by Crippen LogP contribution is -2.39. The molecule has 0 saturated heterocycles. The number of aromatic hydroxyl groups is 1. The Morgan fingerprint density at radius 1 is 1.08 bits per heavy atom. The number of fused-ring (bicyclic) bond motifs is 1. The van der Waals surface area contributed by atoms with Crippen molar-refractivity contribution in [1.82, 2.24) is 10.7 Å². The number of rotatable bonds is 6. The Morgan fingerprint density at radius 2 is 1.79 bits per heavy atom. The van der Waals surface area contributed by atoms with E-state index in [2.05, 4.69) is 15.8 Å². The lowest BCUT2D eigenvalue weighted by atomic mass is 9.78.